The van der Waals surface area contributed by atoms with Crippen LogP contribution in [0.25, 0.3) is 0 Å². The maximum atomic E-state index is 13.5. The minimum atomic E-state index is -4.11. The van der Waals surface area contributed by atoms with Crippen LogP contribution in [0.2, 0.25) is 5.02 Å². The smallest absolute Gasteiger partial charge is 0.337 e. The number of hydrogen-bond donors (Lipinski definition) is 1. The van der Waals surface area contributed by atoms with Crippen molar-refractivity contribution in [1.29, 1.82) is 0 Å². The van der Waals surface area contributed by atoms with Gasteiger partial charge in [-0.3, -0.25) is 9.10 Å². The molecule has 0 bridgehead atoms. The van der Waals surface area contributed by atoms with E-state index in [1.807, 2.05) is 6.92 Å². The average molecular weight is 503 g/mol. The number of sulfonamides is 1. The molecule has 10 heteroatoms. The molecule has 0 fully saturated rings. The lowest BCUT2D eigenvalue weighted by Gasteiger charge is -2.24. The number of methoxy groups -OCH3 is 2. The summed E-state index contributed by atoms with van der Waals surface area (Å²) >= 11 is 6.16. The van der Waals surface area contributed by atoms with Gasteiger partial charge in [0.15, 0.2) is 0 Å². The zero-order valence-electron chi connectivity index (χ0n) is 18.7. The second-order valence-electron chi connectivity index (χ2n) is 7.26. The summed E-state index contributed by atoms with van der Waals surface area (Å²) in [6.07, 6.45) is 0. The molecule has 0 aliphatic heterocycles. The fraction of sp³-hybridized carbons (Fsp3) is 0.167. The molecule has 0 aliphatic carbocycles. The molecule has 3 aromatic rings. The van der Waals surface area contributed by atoms with Crippen molar-refractivity contribution in [2.75, 3.05) is 30.4 Å². The highest BCUT2D eigenvalue weighted by molar-refractivity contribution is 7.92. The summed E-state index contributed by atoms with van der Waals surface area (Å²) in [5.74, 6) is -0.754. The number of nitrogens with zero attached hydrogens (tertiary/aromatic N) is 1. The van der Waals surface area contributed by atoms with Crippen LogP contribution in [-0.4, -0.2) is 41.1 Å². The molecule has 0 saturated heterocycles. The van der Waals surface area contributed by atoms with Crippen LogP contribution < -0.4 is 14.4 Å². The van der Waals surface area contributed by atoms with Crippen molar-refractivity contribution < 1.29 is 27.5 Å². The summed E-state index contributed by atoms with van der Waals surface area (Å²) < 4.78 is 37.7. The Hall–Kier alpha value is -3.56. The molecule has 0 atom stereocenters. The number of anilines is 2. The van der Waals surface area contributed by atoms with Crippen LogP contribution in [0.4, 0.5) is 11.4 Å². The zero-order chi connectivity index (χ0) is 24.9. The number of hydrogen-bond acceptors (Lipinski definition) is 6. The molecule has 8 nitrogen and oxygen atoms in total. The normalized spacial score (nSPS) is 10.9. The molecular formula is C24H23ClN2O6S. The predicted molar refractivity (Wildman–Crippen MR) is 130 cm³/mol. The van der Waals surface area contributed by atoms with E-state index in [0.717, 1.165) is 9.87 Å². The van der Waals surface area contributed by atoms with Crippen LogP contribution in [0.5, 0.6) is 5.75 Å². The van der Waals surface area contributed by atoms with Crippen molar-refractivity contribution in [2.24, 2.45) is 0 Å². The van der Waals surface area contributed by atoms with E-state index < -0.39 is 28.4 Å². The number of nitrogens with one attached hydrogen (secondary N) is 1. The van der Waals surface area contributed by atoms with E-state index in [2.05, 4.69) is 10.1 Å². The van der Waals surface area contributed by atoms with Gasteiger partial charge in [-0.1, -0.05) is 29.3 Å². The summed E-state index contributed by atoms with van der Waals surface area (Å²) in [5, 5.41) is 2.76. The minimum Gasteiger partial charge on any atom is -0.497 e. The third kappa shape index (κ3) is 5.67. The van der Waals surface area contributed by atoms with Gasteiger partial charge < -0.3 is 14.8 Å². The van der Waals surface area contributed by atoms with Crippen molar-refractivity contribution in [1.82, 2.24) is 0 Å². The number of esters is 1. The first-order valence-electron chi connectivity index (χ1n) is 10.1. The SMILES string of the molecule is COC(=O)c1ccc(Cl)c(NC(=O)CN(c2ccc(C)cc2)S(=O)(=O)c2ccc(OC)cc2)c1. The van der Waals surface area contributed by atoms with E-state index in [1.165, 1.54) is 56.7 Å². The molecule has 0 radical (unpaired) electrons. The molecule has 0 saturated carbocycles. The average Bonchev–Trinajstić information content (AvgIpc) is 2.84. The summed E-state index contributed by atoms with van der Waals surface area (Å²) in [6.45, 7) is 1.34. The van der Waals surface area contributed by atoms with Gasteiger partial charge in [0.25, 0.3) is 10.0 Å². The van der Waals surface area contributed by atoms with Crippen LogP contribution in [0, 0.1) is 6.92 Å². The van der Waals surface area contributed by atoms with E-state index >= 15 is 0 Å². The standard InChI is InChI=1S/C24H23ClN2O6S/c1-16-4-7-18(8-5-16)27(34(30,31)20-11-9-19(32-2)10-12-20)15-23(28)26-22-14-17(24(29)33-3)6-13-21(22)25/h4-14H,15H2,1-3H3,(H,26,28). The molecule has 3 rings (SSSR count). The maximum Gasteiger partial charge on any atom is 0.337 e. The summed E-state index contributed by atoms with van der Waals surface area (Å²) in [4.78, 5) is 24.7. The molecule has 0 aliphatic rings. The largest absolute Gasteiger partial charge is 0.497 e. The summed E-state index contributed by atoms with van der Waals surface area (Å²) in [7, 11) is -1.39. The molecule has 34 heavy (non-hydrogen) atoms. The lowest BCUT2D eigenvalue weighted by molar-refractivity contribution is -0.114. The summed E-state index contributed by atoms with van der Waals surface area (Å²) in [6, 6.07) is 16.9. The Morgan fingerprint density at radius 3 is 2.21 bits per heavy atom. The van der Waals surface area contributed by atoms with Crippen LogP contribution in [0.3, 0.4) is 0 Å². The molecule has 0 heterocycles. The number of benzene rings is 3. The highest BCUT2D eigenvalue weighted by Crippen LogP contribution is 2.27. The van der Waals surface area contributed by atoms with E-state index in [0.29, 0.717) is 11.4 Å². The van der Waals surface area contributed by atoms with E-state index in [-0.39, 0.29) is 21.2 Å². The van der Waals surface area contributed by atoms with Gasteiger partial charge in [0.05, 0.1) is 41.1 Å². The number of aryl methyl sites for hydroxylation is 1. The number of carbonyl (C=O) groups is 2. The Morgan fingerprint density at radius 1 is 0.971 bits per heavy atom. The lowest BCUT2D eigenvalue weighted by Crippen LogP contribution is -2.38. The predicted octanol–water partition coefficient (Wildman–Crippen LogP) is 4.28. The van der Waals surface area contributed by atoms with Crippen molar-refractivity contribution in [3.63, 3.8) is 0 Å². The van der Waals surface area contributed by atoms with Gasteiger partial charge in [-0.05, 0) is 61.5 Å². The second-order valence-corrected chi connectivity index (χ2v) is 9.53. The Labute approximate surface area is 203 Å². The van der Waals surface area contributed by atoms with Crippen LogP contribution in [0.15, 0.2) is 71.6 Å². The minimum absolute atomic E-state index is 0.00704. The number of rotatable bonds is 8. The quantitative estimate of drug-likeness (QED) is 0.461. The van der Waals surface area contributed by atoms with Gasteiger partial charge in [-0.25, -0.2) is 13.2 Å². The van der Waals surface area contributed by atoms with Gasteiger partial charge in [0.1, 0.15) is 12.3 Å². The van der Waals surface area contributed by atoms with Gasteiger partial charge in [-0.2, -0.15) is 0 Å². The first kappa shape index (κ1) is 25.1. The number of halogens is 1. The van der Waals surface area contributed by atoms with Gasteiger partial charge in [0, 0.05) is 0 Å². The van der Waals surface area contributed by atoms with Crippen molar-refractivity contribution in [3.8, 4) is 5.75 Å². The van der Waals surface area contributed by atoms with E-state index in [4.69, 9.17) is 16.3 Å². The van der Waals surface area contributed by atoms with Crippen LogP contribution in [-0.2, 0) is 19.6 Å². The Morgan fingerprint density at radius 2 is 1.62 bits per heavy atom. The Balaban J connectivity index is 1.94. The molecule has 1 N–H and O–H groups in total. The van der Waals surface area contributed by atoms with Crippen molar-refractivity contribution in [3.05, 3.63) is 82.9 Å². The topological polar surface area (TPSA) is 102 Å². The van der Waals surface area contributed by atoms with E-state index in [1.54, 1.807) is 24.3 Å². The van der Waals surface area contributed by atoms with Crippen LogP contribution >= 0.6 is 11.6 Å². The lowest BCUT2D eigenvalue weighted by atomic mass is 10.2. The zero-order valence-corrected chi connectivity index (χ0v) is 20.3. The van der Waals surface area contributed by atoms with Gasteiger partial charge in [-0.15, -0.1) is 0 Å². The maximum absolute atomic E-state index is 13.5. The van der Waals surface area contributed by atoms with Crippen molar-refractivity contribution in [2.45, 2.75) is 11.8 Å². The second kappa shape index (κ2) is 10.6. The number of ether oxygens (including phenoxy) is 2. The third-order valence-corrected chi connectivity index (χ3v) is 7.04. The molecule has 0 spiro atoms. The fourth-order valence-corrected chi connectivity index (χ4v) is 4.67. The number of carbonyl (C=O) groups excluding carboxylic acids is 2. The van der Waals surface area contributed by atoms with E-state index in [9.17, 15) is 18.0 Å². The number of amides is 1. The highest BCUT2D eigenvalue weighted by Gasteiger charge is 2.27. The third-order valence-electron chi connectivity index (χ3n) is 4.92. The van der Waals surface area contributed by atoms with Crippen LogP contribution in [0.1, 0.15) is 15.9 Å². The first-order chi connectivity index (χ1) is 16.1. The fourth-order valence-electron chi connectivity index (χ4n) is 3.09. The molecule has 0 unspecified atom stereocenters. The molecular weight excluding hydrogens is 480 g/mol. The Bertz CT molecular complexity index is 1290. The van der Waals surface area contributed by atoms with Crippen molar-refractivity contribution >= 4 is 44.9 Å². The highest BCUT2D eigenvalue weighted by atomic mass is 35.5. The van der Waals surface area contributed by atoms with Gasteiger partial charge in [0.2, 0.25) is 5.91 Å². The molecule has 1 amide bonds. The summed E-state index contributed by atoms with van der Waals surface area (Å²) in [5.41, 5.74) is 1.58. The molecule has 3 aromatic carbocycles. The molecule has 0 aromatic heterocycles. The van der Waals surface area contributed by atoms with Gasteiger partial charge >= 0.3 is 5.97 Å². The molecule has 178 valence electrons. The first-order valence-corrected chi connectivity index (χ1v) is 11.9. The Kier molecular flexibility index (Phi) is 7.80. The monoisotopic (exact) mass is 502 g/mol.